The number of nitrogens with zero attached hydrogens (tertiary/aromatic N) is 3. The van der Waals surface area contributed by atoms with E-state index in [0.29, 0.717) is 0 Å². The molecule has 2 rings (SSSR count). The van der Waals surface area contributed by atoms with Gasteiger partial charge in [-0.2, -0.15) is 0 Å². The molecule has 0 radical (unpaired) electrons. The van der Waals surface area contributed by atoms with Gasteiger partial charge in [-0.1, -0.05) is 0 Å². The number of piperazine rings is 1. The molecule has 0 aromatic heterocycles. The van der Waals surface area contributed by atoms with Crippen molar-refractivity contribution in [1.82, 2.24) is 14.7 Å². The molecule has 0 bridgehead atoms. The minimum Gasteiger partial charge on any atom is -0.302 e. The van der Waals surface area contributed by atoms with Gasteiger partial charge >= 0.3 is 0 Å². The van der Waals surface area contributed by atoms with E-state index < -0.39 is 0 Å². The minimum atomic E-state index is 0.725. The van der Waals surface area contributed by atoms with Crippen molar-refractivity contribution in [3.05, 3.63) is 0 Å². The summed E-state index contributed by atoms with van der Waals surface area (Å²) in [4.78, 5) is 7.77. The van der Waals surface area contributed by atoms with Crippen LogP contribution in [0.25, 0.3) is 0 Å². The average molecular weight is 211 g/mol. The Hall–Kier alpha value is -0.120. The molecule has 3 heteroatoms. The maximum absolute atomic E-state index is 2.62. The Bertz CT molecular complexity index is 181. The Balaban J connectivity index is 1.60. The van der Waals surface area contributed by atoms with Crippen molar-refractivity contribution < 1.29 is 0 Å². The van der Waals surface area contributed by atoms with Crippen LogP contribution in [0, 0.1) is 0 Å². The Morgan fingerprint density at radius 3 is 1.73 bits per heavy atom. The van der Waals surface area contributed by atoms with Crippen LogP contribution in [-0.2, 0) is 0 Å². The first-order valence-electron chi connectivity index (χ1n) is 6.44. The highest BCUT2D eigenvalue weighted by Crippen LogP contribution is 2.08. The van der Waals surface area contributed by atoms with E-state index in [9.17, 15) is 0 Å². The molecule has 0 aromatic carbocycles. The van der Waals surface area contributed by atoms with E-state index >= 15 is 0 Å². The van der Waals surface area contributed by atoms with Crippen LogP contribution >= 0.6 is 0 Å². The maximum Gasteiger partial charge on any atom is 0.0113 e. The first kappa shape index (κ1) is 11.4. The van der Waals surface area contributed by atoms with Crippen LogP contribution in [0.3, 0.4) is 0 Å². The SMILES string of the molecule is CC(C)N1CCN(CCN2CCC2)CC1. The van der Waals surface area contributed by atoms with Crippen molar-refractivity contribution in [2.45, 2.75) is 26.3 Å². The third kappa shape index (κ3) is 3.16. The zero-order chi connectivity index (χ0) is 10.7. The van der Waals surface area contributed by atoms with Gasteiger partial charge in [0.25, 0.3) is 0 Å². The molecule has 0 unspecified atom stereocenters. The minimum absolute atomic E-state index is 0.725. The van der Waals surface area contributed by atoms with Crippen molar-refractivity contribution >= 4 is 0 Å². The molecular formula is C12H25N3. The highest BCUT2D eigenvalue weighted by Gasteiger charge is 2.20. The average Bonchev–Trinajstić information content (AvgIpc) is 2.16. The van der Waals surface area contributed by atoms with E-state index in [2.05, 4.69) is 28.5 Å². The van der Waals surface area contributed by atoms with Crippen molar-refractivity contribution in [2.75, 3.05) is 52.4 Å². The summed E-state index contributed by atoms with van der Waals surface area (Å²) in [6.45, 7) is 14.9. The lowest BCUT2D eigenvalue weighted by Crippen LogP contribution is -2.51. The summed E-state index contributed by atoms with van der Waals surface area (Å²) in [6, 6.07) is 0.725. The fourth-order valence-electron chi connectivity index (χ4n) is 2.39. The molecule has 3 nitrogen and oxygen atoms in total. The first-order chi connectivity index (χ1) is 7.25. The Kier molecular flexibility index (Phi) is 4.00. The van der Waals surface area contributed by atoms with Crippen LogP contribution in [0.2, 0.25) is 0 Å². The second kappa shape index (κ2) is 5.28. The quantitative estimate of drug-likeness (QED) is 0.678. The van der Waals surface area contributed by atoms with Gasteiger partial charge in [-0.3, -0.25) is 9.80 Å². The molecule has 2 aliphatic rings. The fourth-order valence-corrected chi connectivity index (χ4v) is 2.39. The van der Waals surface area contributed by atoms with Crippen molar-refractivity contribution in [3.63, 3.8) is 0 Å². The molecule has 2 saturated heterocycles. The summed E-state index contributed by atoms with van der Waals surface area (Å²) in [5.74, 6) is 0. The van der Waals surface area contributed by atoms with E-state index in [1.807, 2.05) is 0 Å². The number of hydrogen-bond donors (Lipinski definition) is 0. The molecule has 2 heterocycles. The largest absolute Gasteiger partial charge is 0.302 e. The highest BCUT2D eigenvalue weighted by atomic mass is 15.3. The summed E-state index contributed by atoms with van der Waals surface area (Å²) in [7, 11) is 0. The summed E-state index contributed by atoms with van der Waals surface area (Å²) in [5.41, 5.74) is 0. The normalized spacial score (nSPS) is 25.8. The third-order valence-corrected chi connectivity index (χ3v) is 3.82. The topological polar surface area (TPSA) is 9.72 Å². The van der Waals surface area contributed by atoms with Crippen LogP contribution < -0.4 is 0 Å². The lowest BCUT2D eigenvalue weighted by molar-refractivity contribution is 0.0879. The molecule has 2 fully saturated rings. The van der Waals surface area contributed by atoms with E-state index in [-0.39, 0.29) is 0 Å². The van der Waals surface area contributed by atoms with Gasteiger partial charge in [0, 0.05) is 45.3 Å². The van der Waals surface area contributed by atoms with Crippen LogP contribution in [0.4, 0.5) is 0 Å². The van der Waals surface area contributed by atoms with Crippen LogP contribution in [0.1, 0.15) is 20.3 Å². The molecule has 0 N–H and O–H groups in total. The van der Waals surface area contributed by atoms with Gasteiger partial charge in [0.05, 0.1) is 0 Å². The van der Waals surface area contributed by atoms with Crippen LogP contribution in [-0.4, -0.2) is 73.1 Å². The van der Waals surface area contributed by atoms with E-state index in [1.165, 1.54) is 58.8 Å². The molecule has 0 aromatic rings. The lowest BCUT2D eigenvalue weighted by Gasteiger charge is -2.39. The Labute approximate surface area is 94.0 Å². The number of likely N-dealkylation sites (tertiary alicyclic amines) is 1. The van der Waals surface area contributed by atoms with Crippen molar-refractivity contribution in [2.24, 2.45) is 0 Å². The first-order valence-corrected chi connectivity index (χ1v) is 6.44. The molecule has 15 heavy (non-hydrogen) atoms. The smallest absolute Gasteiger partial charge is 0.0113 e. The predicted molar refractivity (Wildman–Crippen MR) is 64.2 cm³/mol. The maximum atomic E-state index is 2.62. The Morgan fingerprint density at radius 2 is 1.33 bits per heavy atom. The molecule has 2 aliphatic heterocycles. The van der Waals surface area contributed by atoms with Crippen molar-refractivity contribution in [1.29, 1.82) is 0 Å². The third-order valence-electron chi connectivity index (χ3n) is 3.82. The Morgan fingerprint density at radius 1 is 0.800 bits per heavy atom. The van der Waals surface area contributed by atoms with Gasteiger partial charge < -0.3 is 4.90 Å². The summed E-state index contributed by atoms with van der Waals surface area (Å²) in [6.07, 6.45) is 1.42. The second-order valence-corrected chi connectivity index (χ2v) is 5.17. The zero-order valence-electron chi connectivity index (χ0n) is 10.3. The number of rotatable bonds is 4. The van der Waals surface area contributed by atoms with Crippen molar-refractivity contribution in [3.8, 4) is 0 Å². The van der Waals surface area contributed by atoms with E-state index in [0.717, 1.165) is 6.04 Å². The van der Waals surface area contributed by atoms with Crippen LogP contribution in [0.5, 0.6) is 0 Å². The van der Waals surface area contributed by atoms with E-state index in [1.54, 1.807) is 0 Å². The predicted octanol–water partition coefficient (Wildman–Crippen LogP) is 0.718. The molecule has 0 saturated carbocycles. The fraction of sp³-hybridized carbons (Fsp3) is 1.00. The monoisotopic (exact) mass is 211 g/mol. The summed E-state index contributed by atoms with van der Waals surface area (Å²) >= 11 is 0. The van der Waals surface area contributed by atoms with Gasteiger partial charge in [0.2, 0.25) is 0 Å². The van der Waals surface area contributed by atoms with Gasteiger partial charge in [-0.05, 0) is 33.4 Å². The summed E-state index contributed by atoms with van der Waals surface area (Å²) < 4.78 is 0. The zero-order valence-corrected chi connectivity index (χ0v) is 10.3. The molecule has 0 spiro atoms. The standard InChI is InChI=1S/C12H25N3/c1-12(2)15-10-8-14(9-11-15)7-6-13-4-3-5-13/h12H,3-11H2,1-2H3. The van der Waals surface area contributed by atoms with E-state index in [4.69, 9.17) is 0 Å². The summed E-state index contributed by atoms with van der Waals surface area (Å²) in [5, 5.41) is 0. The van der Waals surface area contributed by atoms with Gasteiger partial charge in [-0.25, -0.2) is 0 Å². The second-order valence-electron chi connectivity index (χ2n) is 5.17. The lowest BCUT2D eigenvalue weighted by atomic mass is 10.2. The van der Waals surface area contributed by atoms with Crippen LogP contribution in [0.15, 0.2) is 0 Å². The molecule has 0 amide bonds. The van der Waals surface area contributed by atoms with Gasteiger partial charge in [0.1, 0.15) is 0 Å². The molecular weight excluding hydrogens is 186 g/mol. The van der Waals surface area contributed by atoms with Gasteiger partial charge in [0.15, 0.2) is 0 Å². The molecule has 0 atom stereocenters. The highest BCUT2D eigenvalue weighted by molar-refractivity contribution is 4.76. The molecule has 0 aliphatic carbocycles. The molecule has 88 valence electrons. The number of hydrogen-bond acceptors (Lipinski definition) is 3. The van der Waals surface area contributed by atoms with Gasteiger partial charge in [-0.15, -0.1) is 0 Å².